The SMILES string of the molecule is CC1(C)CCC(C(=O)O)(C2CCOCC2)CC1. The predicted octanol–water partition coefficient (Wildman–Crippen LogP) is 3.08. The van der Waals surface area contributed by atoms with Gasteiger partial charge in [0.1, 0.15) is 0 Å². The lowest BCUT2D eigenvalue weighted by atomic mass is 9.58. The molecule has 1 saturated heterocycles. The zero-order valence-corrected chi connectivity index (χ0v) is 11.0. The highest BCUT2D eigenvalue weighted by atomic mass is 16.5. The molecule has 1 aliphatic carbocycles. The van der Waals surface area contributed by atoms with Gasteiger partial charge in [0.2, 0.25) is 0 Å². The summed E-state index contributed by atoms with van der Waals surface area (Å²) in [6, 6.07) is 0. The maximum atomic E-state index is 11.7. The minimum atomic E-state index is -0.570. The summed E-state index contributed by atoms with van der Waals surface area (Å²) >= 11 is 0. The third-order valence-electron chi connectivity index (χ3n) is 4.92. The van der Waals surface area contributed by atoms with Crippen molar-refractivity contribution in [2.24, 2.45) is 16.7 Å². The zero-order chi connectivity index (χ0) is 12.5. The number of carboxylic acids is 1. The number of rotatable bonds is 2. The molecule has 2 aliphatic rings. The van der Waals surface area contributed by atoms with Crippen LogP contribution in [0.4, 0.5) is 0 Å². The van der Waals surface area contributed by atoms with E-state index in [1.165, 1.54) is 0 Å². The Morgan fingerprint density at radius 1 is 1.12 bits per heavy atom. The molecule has 1 heterocycles. The lowest BCUT2D eigenvalue weighted by molar-refractivity contribution is -0.160. The number of hydrogen-bond donors (Lipinski definition) is 1. The molecule has 17 heavy (non-hydrogen) atoms. The van der Waals surface area contributed by atoms with E-state index in [2.05, 4.69) is 13.8 Å². The third-order valence-corrected chi connectivity index (χ3v) is 4.92. The normalized spacial score (nSPS) is 28.8. The molecular formula is C14H24O3. The molecule has 0 aromatic carbocycles. The summed E-state index contributed by atoms with van der Waals surface area (Å²) in [4.78, 5) is 11.7. The topological polar surface area (TPSA) is 46.5 Å². The fourth-order valence-corrected chi connectivity index (χ4v) is 3.42. The van der Waals surface area contributed by atoms with Gasteiger partial charge in [-0.3, -0.25) is 4.79 Å². The average Bonchev–Trinajstić information content (AvgIpc) is 2.30. The van der Waals surface area contributed by atoms with Gasteiger partial charge in [0.05, 0.1) is 5.41 Å². The van der Waals surface area contributed by atoms with Crippen LogP contribution < -0.4 is 0 Å². The van der Waals surface area contributed by atoms with Gasteiger partial charge in [0.15, 0.2) is 0 Å². The van der Waals surface area contributed by atoms with E-state index < -0.39 is 11.4 Å². The first kappa shape index (κ1) is 12.9. The van der Waals surface area contributed by atoms with Gasteiger partial charge in [-0.1, -0.05) is 13.8 Å². The van der Waals surface area contributed by atoms with Crippen molar-refractivity contribution in [3.8, 4) is 0 Å². The van der Waals surface area contributed by atoms with Crippen LogP contribution in [0.2, 0.25) is 0 Å². The van der Waals surface area contributed by atoms with Crippen LogP contribution in [0.15, 0.2) is 0 Å². The molecule has 3 nitrogen and oxygen atoms in total. The summed E-state index contributed by atoms with van der Waals surface area (Å²) < 4.78 is 5.36. The highest BCUT2D eigenvalue weighted by molar-refractivity contribution is 5.75. The Morgan fingerprint density at radius 3 is 2.12 bits per heavy atom. The Labute approximate surface area is 104 Å². The van der Waals surface area contributed by atoms with E-state index >= 15 is 0 Å². The third kappa shape index (κ3) is 2.49. The highest BCUT2D eigenvalue weighted by Gasteiger charge is 2.49. The number of ether oxygens (including phenoxy) is 1. The summed E-state index contributed by atoms with van der Waals surface area (Å²) in [5, 5.41) is 9.67. The van der Waals surface area contributed by atoms with Crippen molar-refractivity contribution >= 4 is 5.97 Å². The summed E-state index contributed by atoms with van der Waals surface area (Å²) in [5.74, 6) is -0.246. The zero-order valence-electron chi connectivity index (χ0n) is 11.0. The van der Waals surface area contributed by atoms with Crippen LogP contribution in [0, 0.1) is 16.7 Å². The number of aliphatic carboxylic acids is 1. The van der Waals surface area contributed by atoms with E-state index in [-0.39, 0.29) is 0 Å². The van der Waals surface area contributed by atoms with Gasteiger partial charge >= 0.3 is 5.97 Å². The molecule has 2 rings (SSSR count). The van der Waals surface area contributed by atoms with E-state index in [1.807, 2.05) is 0 Å². The Morgan fingerprint density at radius 2 is 1.65 bits per heavy atom. The lowest BCUT2D eigenvalue weighted by Gasteiger charge is -2.46. The van der Waals surface area contributed by atoms with Crippen LogP contribution in [-0.4, -0.2) is 24.3 Å². The summed E-state index contributed by atoms with van der Waals surface area (Å²) in [5.41, 5.74) is -0.135. The second-order valence-electron chi connectivity index (χ2n) is 6.51. The van der Waals surface area contributed by atoms with Gasteiger partial charge in [-0.05, 0) is 49.9 Å². The number of hydrogen-bond acceptors (Lipinski definition) is 2. The van der Waals surface area contributed by atoms with E-state index in [4.69, 9.17) is 4.74 Å². The standard InChI is InChI=1S/C14H24O3/c1-13(2)5-7-14(8-6-13,12(15)16)11-3-9-17-10-4-11/h11H,3-10H2,1-2H3,(H,15,16). The van der Waals surface area contributed by atoms with Crippen molar-refractivity contribution in [3.63, 3.8) is 0 Å². The average molecular weight is 240 g/mol. The van der Waals surface area contributed by atoms with Crippen molar-refractivity contribution in [2.45, 2.75) is 52.4 Å². The van der Waals surface area contributed by atoms with Gasteiger partial charge in [-0.2, -0.15) is 0 Å². The number of carbonyl (C=O) groups is 1. The molecule has 1 N–H and O–H groups in total. The first-order valence-electron chi connectivity index (χ1n) is 6.77. The lowest BCUT2D eigenvalue weighted by Crippen LogP contribution is -2.45. The molecule has 0 spiro atoms. The molecule has 0 aromatic rings. The van der Waals surface area contributed by atoms with Crippen LogP contribution in [0.5, 0.6) is 0 Å². The maximum absolute atomic E-state index is 11.7. The Bertz CT molecular complexity index is 280. The largest absolute Gasteiger partial charge is 0.481 e. The Kier molecular flexibility index (Phi) is 3.48. The van der Waals surface area contributed by atoms with Crippen molar-refractivity contribution in [2.75, 3.05) is 13.2 Å². The molecule has 3 heteroatoms. The Hall–Kier alpha value is -0.570. The minimum absolute atomic E-state index is 0.324. The van der Waals surface area contributed by atoms with Gasteiger partial charge in [-0.25, -0.2) is 0 Å². The second kappa shape index (κ2) is 4.60. The van der Waals surface area contributed by atoms with Crippen LogP contribution >= 0.6 is 0 Å². The smallest absolute Gasteiger partial charge is 0.309 e. The molecular weight excluding hydrogens is 216 g/mol. The monoisotopic (exact) mass is 240 g/mol. The van der Waals surface area contributed by atoms with Gasteiger partial charge in [0.25, 0.3) is 0 Å². The quantitative estimate of drug-likeness (QED) is 0.806. The van der Waals surface area contributed by atoms with Crippen LogP contribution in [0.3, 0.4) is 0 Å². The van der Waals surface area contributed by atoms with E-state index in [0.29, 0.717) is 11.3 Å². The summed E-state index contributed by atoms with van der Waals surface area (Å²) in [7, 11) is 0. The van der Waals surface area contributed by atoms with Gasteiger partial charge in [-0.15, -0.1) is 0 Å². The Balaban J connectivity index is 2.13. The molecule has 1 aliphatic heterocycles. The van der Waals surface area contributed by atoms with Crippen molar-refractivity contribution < 1.29 is 14.6 Å². The van der Waals surface area contributed by atoms with Gasteiger partial charge in [0, 0.05) is 13.2 Å². The molecule has 0 amide bonds. The summed E-state index contributed by atoms with van der Waals surface area (Å²) in [6.07, 6.45) is 5.62. The molecule has 2 fully saturated rings. The number of carboxylic acid groups (broad SMARTS) is 1. The predicted molar refractivity (Wildman–Crippen MR) is 65.9 cm³/mol. The van der Waals surface area contributed by atoms with E-state index in [1.54, 1.807) is 0 Å². The van der Waals surface area contributed by atoms with Crippen LogP contribution in [0.25, 0.3) is 0 Å². The fourth-order valence-electron chi connectivity index (χ4n) is 3.42. The molecule has 0 aromatic heterocycles. The molecule has 0 atom stereocenters. The fraction of sp³-hybridized carbons (Fsp3) is 0.929. The first-order chi connectivity index (χ1) is 7.96. The highest BCUT2D eigenvalue weighted by Crippen LogP contribution is 2.51. The first-order valence-corrected chi connectivity index (χ1v) is 6.77. The van der Waals surface area contributed by atoms with E-state index in [0.717, 1.165) is 51.7 Å². The van der Waals surface area contributed by atoms with Crippen LogP contribution in [0.1, 0.15) is 52.4 Å². The summed E-state index contributed by atoms with van der Waals surface area (Å²) in [6.45, 7) is 5.98. The molecule has 0 bridgehead atoms. The van der Waals surface area contributed by atoms with Crippen LogP contribution in [-0.2, 0) is 9.53 Å². The molecule has 0 radical (unpaired) electrons. The molecule has 1 saturated carbocycles. The van der Waals surface area contributed by atoms with Crippen molar-refractivity contribution in [1.82, 2.24) is 0 Å². The maximum Gasteiger partial charge on any atom is 0.309 e. The van der Waals surface area contributed by atoms with Gasteiger partial charge < -0.3 is 9.84 Å². The minimum Gasteiger partial charge on any atom is -0.481 e. The van der Waals surface area contributed by atoms with Crippen molar-refractivity contribution in [1.29, 1.82) is 0 Å². The van der Waals surface area contributed by atoms with E-state index in [9.17, 15) is 9.90 Å². The second-order valence-corrected chi connectivity index (χ2v) is 6.51. The molecule has 98 valence electrons. The van der Waals surface area contributed by atoms with Crippen molar-refractivity contribution in [3.05, 3.63) is 0 Å². The molecule has 0 unspecified atom stereocenters.